The number of hydrogen-bond donors (Lipinski definition) is 0. The maximum atomic E-state index is 12.3. The topological polar surface area (TPSA) is 31.2 Å². The average Bonchev–Trinajstić information content (AvgIpc) is 3.02. The SMILES string of the molecule is O=C1/C(=C\n2ccc3cc(Cl)ccc32)Oc2ccccc21. The molecule has 0 amide bonds. The molecule has 0 bridgehead atoms. The van der Waals surface area contributed by atoms with Gasteiger partial charge in [-0.15, -0.1) is 0 Å². The minimum Gasteiger partial charge on any atom is -0.451 e. The number of hydrogen-bond acceptors (Lipinski definition) is 2. The zero-order valence-corrected chi connectivity index (χ0v) is 11.7. The average molecular weight is 296 g/mol. The van der Waals surface area contributed by atoms with E-state index in [1.807, 2.05) is 47.2 Å². The van der Waals surface area contributed by atoms with Crippen LogP contribution < -0.4 is 4.74 Å². The lowest BCUT2D eigenvalue weighted by Gasteiger charge is -2.01. The molecule has 2 heterocycles. The van der Waals surface area contributed by atoms with Gasteiger partial charge >= 0.3 is 0 Å². The monoisotopic (exact) mass is 295 g/mol. The summed E-state index contributed by atoms with van der Waals surface area (Å²) in [6.45, 7) is 0. The van der Waals surface area contributed by atoms with Gasteiger partial charge < -0.3 is 9.30 Å². The second-order valence-electron chi connectivity index (χ2n) is 4.85. The maximum Gasteiger partial charge on any atom is 0.233 e. The van der Waals surface area contributed by atoms with Crippen LogP contribution in [0.3, 0.4) is 0 Å². The van der Waals surface area contributed by atoms with Crippen molar-refractivity contribution in [2.75, 3.05) is 0 Å². The molecule has 0 fully saturated rings. The molecule has 1 aliphatic heterocycles. The standard InChI is InChI=1S/C17H10ClNO2/c18-12-5-6-14-11(9-12)7-8-19(14)10-16-17(20)13-3-1-2-4-15(13)21-16/h1-10H/b16-10+. The van der Waals surface area contributed by atoms with E-state index in [1.54, 1.807) is 18.3 Å². The van der Waals surface area contributed by atoms with Gasteiger partial charge in [-0.3, -0.25) is 4.79 Å². The van der Waals surface area contributed by atoms with Gasteiger partial charge in [-0.2, -0.15) is 0 Å². The summed E-state index contributed by atoms with van der Waals surface area (Å²) in [7, 11) is 0. The summed E-state index contributed by atoms with van der Waals surface area (Å²) in [5, 5.41) is 1.70. The van der Waals surface area contributed by atoms with Crippen LogP contribution in [0.5, 0.6) is 5.75 Å². The van der Waals surface area contributed by atoms with Crippen LogP contribution >= 0.6 is 11.6 Å². The lowest BCUT2D eigenvalue weighted by atomic mass is 10.1. The Morgan fingerprint density at radius 2 is 1.95 bits per heavy atom. The summed E-state index contributed by atoms with van der Waals surface area (Å²) in [5.74, 6) is 0.832. The van der Waals surface area contributed by atoms with E-state index in [-0.39, 0.29) is 5.78 Å². The molecule has 0 spiro atoms. The predicted molar refractivity (Wildman–Crippen MR) is 82.6 cm³/mol. The van der Waals surface area contributed by atoms with Gasteiger partial charge in [-0.05, 0) is 36.4 Å². The van der Waals surface area contributed by atoms with Crippen LogP contribution in [0.4, 0.5) is 0 Å². The highest BCUT2D eigenvalue weighted by molar-refractivity contribution is 6.31. The Balaban J connectivity index is 1.80. The Morgan fingerprint density at radius 3 is 2.81 bits per heavy atom. The van der Waals surface area contributed by atoms with Crippen molar-refractivity contribution < 1.29 is 9.53 Å². The molecule has 0 atom stereocenters. The van der Waals surface area contributed by atoms with E-state index in [1.165, 1.54) is 0 Å². The maximum absolute atomic E-state index is 12.3. The molecule has 0 unspecified atom stereocenters. The molecule has 0 aliphatic carbocycles. The zero-order chi connectivity index (χ0) is 14.4. The Labute approximate surface area is 126 Å². The van der Waals surface area contributed by atoms with Crippen molar-refractivity contribution in [1.29, 1.82) is 0 Å². The number of carbonyl (C=O) groups is 1. The third-order valence-corrected chi connectivity index (χ3v) is 3.75. The quantitative estimate of drug-likeness (QED) is 0.624. The number of benzene rings is 2. The van der Waals surface area contributed by atoms with Crippen molar-refractivity contribution in [2.45, 2.75) is 0 Å². The van der Waals surface area contributed by atoms with E-state index in [2.05, 4.69) is 0 Å². The van der Waals surface area contributed by atoms with Crippen LogP contribution in [0.2, 0.25) is 5.02 Å². The summed E-state index contributed by atoms with van der Waals surface area (Å²) in [6, 6.07) is 14.8. The number of aromatic nitrogens is 1. The van der Waals surface area contributed by atoms with E-state index in [9.17, 15) is 4.79 Å². The summed E-state index contributed by atoms with van der Waals surface area (Å²) in [6.07, 6.45) is 3.59. The fourth-order valence-corrected chi connectivity index (χ4v) is 2.68. The lowest BCUT2D eigenvalue weighted by Crippen LogP contribution is -2.00. The van der Waals surface area contributed by atoms with E-state index < -0.39 is 0 Å². The highest BCUT2D eigenvalue weighted by atomic mass is 35.5. The van der Waals surface area contributed by atoms with Crippen molar-refractivity contribution >= 4 is 34.5 Å². The molecule has 0 N–H and O–H groups in total. The van der Waals surface area contributed by atoms with Gasteiger partial charge in [0.1, 0.15) is 5.75 Å². The molecule has 0 saturated heterocycles. The molecule has 102 valence electrons. The third-order valence-electron chi connectivity index (χ3n) is 3.51. The van der Waals surface area contributed by atoms with Crippen molar-refractivity contribution in [3.8, 4) is 5.75 Å². The minimum absolute atomic E-state index is 0.0959. The van der Waals surface area contributed by atoms with Gasteiger partial charge in [-0.1, -0.05) is 23.7 Å². The van der Waals surface area contributed by atoms with E-state index >= 15 is 0 Å². The number of Topliss-reactive ketones (excluding diaryl/α,β-unsaturated/α-hetero) is 1. The second-order valence-corrected chi connectivity index (χ2v) is 5.28. The van der Waals surface area contributed by atoms with Gasteiger partial charge in [-0.25, -0.2) is 0 Å². The lowest BCUT2D eigenvalue weighted by molar-refractivity contribution is 0.101. The molecule has 4 rings (SSSR count). The molecule has 3 aromatic rings. The van der Waals surface area contributed by atoms with Crippen LogP contribution in [-0.2, 0) is 0 Å². The van der Waals surface area contributed by atoms with Gasteiger partial charge in [0.2, 0.25) is 5.78 Å². The van der Waals surface area contributed by atoms with Crippen LogP contribution in [0.15, 0.2) is 60.5 Å². The van der Waals surface area contributed by atoms with Crippen molar-refractivity contribution in [2.24, 2.45) is 0 Å². The number of halogens is 1. The van der Waals surface area contributed by atoms with Crippen molar-refractivity contribution in [1.82, 2.24) is 4.57 Å². The zero-order valence-electron chi connectivity index (χ0n) is 10.9. The summed E-state index contributed by atoms with van der Waals surface area (Å²) in [4.78, 5) is 12.3. The van der Waals surface area contributed by atoms with Crippen LogP contribution in [0.1, 0.15) is 10.4 Å². The number of carbonyl (C=O) groups excluding carboxylic acids is 1. The largest absolute Gasteiger partial charge is 0.451 e. The fourth-order valence-electron chi connectivity index (χ4n) is 2.50. The fraction of sp³-hybridized carbons (Fsp3) is 0. The summed E-state index contributed by atoms with van der Waals surface area (Å²) >= 11 is 5.98. The minimum atomic E-state index is -0.0959. The van der Waals surface area contributed by atoms with Crippen molar-refractivity contribution in [3.05, 3.63) is 71.1 Å². The van der Waals surface area contributed by atoms with E-state index in [0.717, 1.165) is 10.9 Å². The number of ketones is 1. The molecular formula is C17H10ClNO2. The molecule has 1 aromatic heterocycles. The van der Waals surface area contributed by atoms with Gasteiger partial charge in [0.05, 0.1) is 17.3 Å². The normalized spacial score (nSPS) is 15.5. The first-order chi connectivity index (χ1) is 10.2. The van der Waals surface area contributed by atoms with Crippen LogP contribution in [0, 0.1) is 0 Å². The number of nitrogens with zero attached hydrogens (tertiary/aromatic N) is 1. The Hall–Kier alpha value is -2.52. The molecule has 0 saturated carbocycles. The Bertz CT molecular complexity index is 908. The first kappa shape index (κ1) is 12.2. The molecule has 4 heteroatoms. The van der Waals surface area contributed by atoms with E-state index in [0.29, 0.717) is 22.1 Å². The van der Waals surface area contributed by atoms with Gasteiger partial charge in [0.15, 0.2) is 5.76 Å². The smallest absolute Gasteiger partial charge is 0.233 e. The molecule has 21 heavy (non-hydrogen) atoms. The third kappa shape index (κ3) is 1.94. The van der Waals surface area contributed by atoms with Crippen LogP contribution in [0.25, 0.3) is 17.1 Å². The first-order valence-corrected chi connectivity index (χ1v) is 6.90. The molecule has 1 aliphatic rings. The molecule has 2 aromatic carbocycles. The van der Waals surface area contributed by atoms with E-state index in [4.69, 9.17) is 16.3 Å². The Kier molecular flexibility index (Phi) is 2.62. The number of allylic oxidation sites excluding steroid dienone is 1. The molecular weight excluding hydrogens is 286 g/mol. The summed E-state index contributed by atoms with van der Waals surface area (Å²) in [5.41, 5.74) is 1.57. The highest BCUT2D eigenvalue weighted by Gasteiger charge is 2.26. The van der Waals surface area contributed by atoms with Crippen LogP contribution in [-0.4, -0.2) is 10.4 Å². The first-order valence-electron chi connectivity index (χ1n) is 6.52. The van der Waals surface area contributed by atoms with Crippen molar-refractivity contribution in [3.63, 3.8) is 0 Å². The molecule has 3 nitrogen and oxygen atoms in total. The van der Waals surface area contributed by atoms with Gasteiger partial charge in [0, 0.05) is 16.6 Å². The summed E-state index contributed by atoms with van der Waals surface area (Å²) < 4.78 is 7.50. The van der Waals surface area contributed by atoms with Gasteiger partial charge in [0.25, 0.3) is 0 Å². The number of rotatable bonds is 1. The molecule has 0 radical (unpaired) electrons. The Morgan fingerprint density at radius 1 is 1.10 bits per heavy atom. The number of ether oxygens (including phenoxy) is 1. The second kappa shape index (κ2) is 4.50. The highest BCUT2D eigenvalue weighted by Crippen LogP contribution is 2.31. The number of para-hydroxylation sites is 1. The number of fused-ring (bicyclic) bond motifs is 2. The predicted octanol–water partition coefficient (Wildman–Crippen LogP) is 4.37.